The average molecular weight is 291 g/mol. The van der Waals surface area contributed by atoms with Crippen molar-refractivity contribution < 1.29 is 13.5 Å². The van der Waals surface area contributed by atoms with Crippen LogP contribution in [0.15, 0.2) is 34.9 Å². The molecule has 114 valence electrons. The molecule has 0 amide bonds. The Hall–Kier alpha value is -1.81. The molecule has 0 spiro atoms. The molecule has 1 aromatic carbocycles. The predicted octanol–water partition coefficient (Wildman–Crippen LogP) is 4.02. The minimum atomic E-state index is -0.333. The van der Waals surface area contributed by atoms with Crippen LogP contribution in [0, 0.1) is 12.7 Å². The van der Waals surface area contributed by atoms with Crippen LogP contribution in [-0.2, 0) is 6.42 Å². The standard InChI is InChI=1S/C17H22FNO2/c1-4-8-19-15(17-12(2)7-9-21-17)11-13-5-6-16(20-3)14(18)10-13/h5-7,9-10,15,19H,4,8,11H2,1-3H3. The predicted molar refractivity (Wildman–Crippen MR) is 81.1 cm³/mol. The number of benzene rings is 1. The van der Waals surface area contributed by atoms with E-state index in [1.165, 1.54) is 13.2 Å². The lowest BCUT2D eigenvalue weighted by Gasteiger charge is -2.18. The van der Waals surface area contributed by atoms with Crippen LogP contribution in [0.1, 0.15) is 36.3 Å². The van der Waals surface area contributed by atoms with E-state index in [0.717, 1.165) is 29.9 Å². The van der Waals surface area contributed by atoms with E-state index in [1.807, 2.05) is 19.1 Å². The molecule has 3 nitrogen and oxygen atoms in total. The molecule has 4 heteroatoms. The second-order valence-electron chi connectivity index (χ2n) is 5.15. The van der Waals surface area contributed by atoms with Crippen molar-refractivity contribution in [2.75, 3.05) is 13.7 Å². The molecule has 0 aliphatic carbocycles. The van der Waals surface area contributed by atoms with E-state index in [9.17, 15) is 4.39 Å². The van der Waals surface area contributed by atoms with Crippen molar-refractivity contribution in [1.29, 1.82) is 0 Å². The zero-order chi connectivity index (χ0) is 15.2. The van der Waals surface area contributed by atoms with Gasteiger partial charge >= 0.3 is 0 Å². The molecule has 1 aromatic heterocycles. The molecule has 1 heterocycles. The zero-order valence-electron chi connectivity index (χ0n) is 12.8. The number of ether oxygens (including phenoxy) is 1. The summed E-state index contributed by atoms with van der Waals surface area (Å²) < 4.78 is 24.3. The molecule has 0 bridgehead atoms. The largest absolute Gasteiger partial charge is 0.494 e. The van der Waals surface area contributed by atoms with Crippen molar-refractivity contribution >= 4 is 0 Å². The van der Waals surface area contributed by atoms with E-state index < -0.39 is 0 Å². The first-order valence-electron chi connectivity index (χ1n) is 7.25. The maximum absolute atomic E-state index is 13.8. The number of nitrogens with one attached hydrogen (secondary N) is 1. The van der Waals surface area contributed by atoms with Gasteiger partial charge in [0.25, 0.3) is 0 Å². The number of methoxy groups -OCH3 is 1. The summed E-state index contributed by atoms with van der Waals surface area (Å²) in [6, 6.07) is 7.08. The molecule has 1 atom stereocenters. The molecule has 0 aliphatic heterocycles. The number of halogens is 1. The minimum Gasteiger partial charge on any atom is -0.494 e. The summed E-state index contributed by atoms with van der Waals surface area (Å²) in [4.78, 5) is 0. The van der Waals surface area contributed by atoms with Gasteiger partial charge in [0.2, 0.25) is 0 Å². The maximum atomic E-state index is 13.8. The SMILES string of the molecule is CCCNC(Cc1ccc(OC)c(F)c1)c1occc1C. The first-order chi connectivity index (χ1) is 10.2. The van der Waals surface area contributed by atoms with E-state index in [0.29, 0.717) is 6.42 Å². The maximum Gasteiger partial charge on any atom is 0.165 e. The first kappa shape index (κ1) is 15.6. The van der Waals surface area contributed by atoms with Crippen molar-refractivity contribution in [2.45, 2.75) is 32.7 Å². The quantitative estimate of drug-likeness (QED) is 0.836. The lowest BCUT2D eigenvalue weighted by Crippen LogP contribution is -2.24. The summed E-state index contributed by atoms with van der Waals surface area (Å²) >= 11 is 0. The Balaban J connectivity index is 2.18. The number of rotatable bonds is 7. The third-order valence-corrected chi connectivity index (χ3v) is 3.51. The topological polar surface area (TPSA) is 34.4 Å². The highest BCUT2D eigenvalue weighted by Crippen LogP contribution is 2.25. The highest BCUT2D eigenvalue weighted by atomic mass is 19.1. The van der Waals surface area contributed by atoms with Gasteiger partial charge < -0.3 is 14.5 Å². The van der Waals surface area contributed by atoms with E-state index in [-0.39, 0.29) is 17.6 Å². The summed E-state index contributed by atoms with van der Waals surface area (Å²) in [5.41, 5.74) is 2.02. The molecule has 0 fully saturated rings. The monoisotopic (exact) mass is 291 g/mol. The average Bonchev–Trinajstić information content (AvgIpc) is 2.90. The van der Waals surface area contributed by atoms with Crippen LogP contribution in [0.4, 0.5) is 4.39 Å². The van der Waals surface area contributed by atoms with E-state index >= 15 is 0 Å². The van der Waals surface area contributed by atoms with E-state index in [4.69, 9.17) is 9.15 Å². The van der Waals surface area contributed by atoms with Gasteiger partial charge in [0.1, 0.15) is 5.76 Å². The van der Waals surface area contributed by atoms with Crippen LogP contribution in [0.3, 0.4) is 0 Å². The van der Waals surface area contributed by atoms with E-state index in [2.05, 4.69) is 12.2 Å². The smallest absolute Gasteiger partial charge is 0.165 e. The Morgan fingerprint density at radius 2 is 2.14 bits per heavy atom. The third-order valence-electron chi connectivity index (χ3n) is 3.51. The summed E-state index contributed by atoms with van der Waals surface area (Å²) in [7, 11) is 1.47. The molecule has 0 saturated heterocycles. The Labute approximate surface area is 125 Å². The molecule has 2 aromatic rings. The lowest BCUT2D eigenvalue weighted by molar-refractivity contribution is 0.384. The van der Waals surface area contributed by atoms with Crippen molar-refractivity contribution in [3.8, 4) is 5.75 Å². The number of hydrogen-bond acceptors (Lipinski definition) is 3. The van der Waals surface area contributed by atoms with Gasteiger partial charge in [-0.05, 0) is 55.6 Å². The second-order valence-corrected chi connectivity index (χ2v) is 5.15. The van der Waals surface area contributed by atoms with Gasteiger partial charge in [-0.2, -0.15) is 0 Å². The summed E-state index contributed by atoms with van der Waals surface area (Å²) in [5.74, 6) is 0.853. The third kappa shape index (κ3) is 3.85. The Kier molecular flexibility index (Phi) is 5.39. The number of furan rings is 1. The lowest BCUT2D eigenvalue weighted by atomic mass is 10.0. The van der Waals surface area contributed by atoms with Gasteiger partial charge in [0, 0.05) is 0 Å². The molecular formula is C17H22FNO2. The fourth-order valence-corrected chi connectivity index (χ4v) is 2.39. The van der Waals surface area contributed by atoms with Crippen LogP contribution in [0.2, 0.25) is 0 Å². The number of aryl methyl sites for hydroxylation is 1. The van der Waals surface area contributed by atoms with Gasteiger partial charge in [-0.3, -0.25) is 0 Å². The highest BCUT2D eigenvalue weighted by Gasteiger charge is 2.17. The van der Waals surface area contributed by atoms with Crippen molar-refractivity contribution in [1.82, 2.24) is 5.32 Å². The van der Waals surface area contributed by atoms with Crippen LogP contribution < -0.4 is 10.1 Å². The molecule has 0 radical (unpaired) electrons. The zero-order valence-corrected chi connectivity index (χ0v) is 12.8. The van der Waals surface area contributed by atoms with Crippen molar-refractivity contribution in [2.24, 2.45) is 0 Å². The van der Waals surface area contributed by atoms with Crippen LogP contribution in [0.5, 0.6) is 5.75 Å². The second kappa shape index (κ2) is 7.27. The normalized spacial score (nSPS) is 12.4. The summed E-state index contributed by atoms with van der Waals surface area (Å²) in [6.07, 6.45) is 3.41. The highest BCUT2D eigenvalue weighted by molar-refractivity contribution is 5.31. The van der Waals surface area contributed by atoms with Gasteiger partial charge in [-0.15, -0.1) is 0 Å². The van der Waals surface area contributed by atoms with Gasteiger partial charge in [-0.1, -0.05) is 13.0 Å². The Bertz CT molecular complexity index is 580. The molecule has 2 rings (SSSR count). The molecule has 0 saturated carbocycles. The molecular weight excluding hydrogens is 269 g/mol. The van der Waals surface area contributed by atoms with Crippen LogP contribution in [0.25, 0.3) is 0 Å². The molecule has 21 heavy (non-hydrogen) atoms. The van der Waals surface area contributed by atoms with Crippen molar-refractivity contribution in [3.63, 3.8) is 0 Å². The minimum absolute atomic E-state index is 0.0488. The molecule has 0 aliphatic rings. The summed E-state index contributed by atoms with van der Waals surface area (Å²) in [6.45, 7) is 5.03. The fourth-order valence-electron chi connectivity index (χ4n) is 2.39. The molecule has 1 unspecified atom stereocenters. The van der Waals surface area contributed by atoms with Gasteiger partial charge in [0.05, 0.1) is 19.4 Å². The van der Waals surface area contributed by atoms with Gasteiger partial charge in [-0.25, -0.2) is 4.39 Å². The van der Waals surface area contributed by atoms with Crippen LogP contribution in [-0.4, -0.2) is 13.7 Å². The van der Waals surface area contributed by atoms with E-state index in [1.54, 1.807) is 12.3 Å². The van der Waals surface area contributed by atoms with Crippen LogP contribution >= 0.6 is 0 Å². The Morgan fingerprint density at radius 1 is 1.33 bits per heavy atom. The summed E-state index contributed by atoms with van der Waals surface area (Å²) in [5, 5.41) is 3.46. The molecule has 1 N–H and O–H groups in total. The van der Waals surface area contributed by atoms with Gasteiger partial charge in [0.15, 0.2) is 11.6 Å². The fraction of sp³-hybridized carbons (Fsp3) is 0.412. The first-order valence-corrected chi connectivity index (χ1v) is 7.25. The van der Waals surface area contributed by atoms with Crippen molar-refractivity contribution in [3.05, 3.63) is 53.2 Å². The number of hydrogen-bond donors (Lipinski definition) is 1. The Morgan fingerprint density at radius 3 is 2.71 bits per heavy atom.